The first-order valence-electron chi connectivity index (χ1n) is 8.13. The molecule has 5 heteroatoms. The van der Waals surface area contributed by atoms with Crippen molar-refractivity contribution < 1.29 is 14.6 Å². The molecule has 2 aromatic rings. The highest BCUT2D eigenvalue weighted by Gasteiger charge is 2.09. The summed E-state index contributed by atoms with van der Waals surface area (Å²) in [5.41, 5.74) is 2.07. The number of thioether (sulfide) groups is 1. The predicted octanol–water partition coefficient (Wildman–Crippen LogP) is 4.88. The molecule has 0 unspecified atom stereocenters. The molecule has 1 aromatic carbocycles. The smallest absolute Gasteiger partial charge is 0.303 e. The van der Waals surface area contributed by atoms with Gasteiger partial charge in [0.2, 0.25) is 5.88 Å². The van der Waals surface area contributed by atoms with Crippen LogP contribution in [0.3, 0.4) is 0 Å². The molecule has 0 fully saturated rings. The number of hydrogen-bond acceptors (Lipinski definition) is 4. The minimum atomic E-state index is -0.722. The van der Waals surface area contributed by atoms with Crippen LogP contribution < -0.4 is 4.74 Å². The molecule has 128 valence electrons. The normalized spacial score (nSPS) is 10.8. The first-order valence-corrected chi connectivity index (χ1v) is 9.11. The first kappa shape index (κ1) is 18.3. The molecule has 1 aromatic heterocycles. The fraction of sp³-hybridized carbons (Fsp3) is 0.368. The van der Waals surface area contributed by atoms with Gasteiger partial charge in [-0.3, -0.25) is 4.79 Å². The van der Waals surface area contributed by atoms with Gasteiger partial charge in [-0.2, -0.15) is 0 Å². The standard InChI is InChI=1S/C19H23NO3S/c1-14(2)23-19-17(6-5-12-20-19)15-8-10-16(11-9-15)24-13-4-3-7-18(21)22/h5-6,8-12,14H,3-4,7,13H2,1-2H3,(H,21,22). The Bertz CT molecular complexity index is 656. The molecule has 4 nitrogen and oxygen atoms in total. The van der Waals surface area contributed by atoms with Gasteiger partial charge in [-0.25, -0.2) is 4.98 Å². The quantitative estimate of drug-likeness (QED) is 0.518. The van der Waals surface area contributed by atoms with Crippen molar-refractivity contribution in [2.45, 2.75) is 44.1 Å². The highest BCUT2D eigenvalue weighted by Crippen LogP contribution is 2.30. The zero-order valence-corrected chi connectivity index (χ0v) is 14.9. The summed E-state index contributed by atoms with van der Waals surface area (Å²) < 4.78 is 5.78. The summed E-state index contributed by atoms with van der Waals surface area (Å²) in [5.74, 6) is 0.864. The first-order chi connectivity index (χ1) is 11.6. The molecular weight excluding hydrogens is 322 g/mol. The third-order valence-corrected chi connectivity index (χ3v) is 4.44. The zero-order valence-electron chi connectivity index (χ0n) is 14.1. The van der Waals surface area contributed by atoms with Crippen LogP contribution in [0, 0.1) is 0 Å². The van der Waals surface area contributed by atoms with E-state index in [-0.39, 0.29) is 12.5 Å². The van der Waals surface area contributed by atoms with E-state index in [9.17, 15) is 4.79 Å². The molecule has 0 bridgehead atoms. The molecule has 0 amide bonds. The Morgan fingerprint density at radius 2 is 1.96 bits per heavy atom. The molecule has 0 aliphatic rings. The van der Waals surface area contributed by atoms with Gasteiger partial charge in [0.15, 0.2) is 0 Å². The fourth-order valence-corrected chi connectivity index (χ4v) is 3.14. The largest absolute Gasteiger partial charge is 0.481 e. The summed E-state index contributed by atoms with van der Waals surface area (Å²) in [7, 11) is 0. The number of aromatic nitrogens is 1. The Morgan fingerprint density at radius 1 is 1.21 bits per heavy atom. The van der Waals surface area contributed by atoms with Gasteiger partial charge in [0.1, 0.15) is 0 Å². The van der Waals surface area contributed by atoms with Gasteiger partial charge in [0, 0.05) is 23.1 Å². The van der Waals surface area contributed by atoms with Gasteiger partial charge in [-0.05, 0) is 62.3 Å². The number of carboxylic acids is 1. The average molecular weight is 345 g/mol. The lowest BCUT2D eigenvalue weighted by Crippen LogP contribution is -2.07. The molecule has 0 spiro atoms. The highest BCUT2D eigenvalue weighted by molar-refractivity contribution is 7.99. The van der Waals surface area contributed by atoms with E-state index in [4.69, 9.17) is 9.84 Å². The Balaban J connectivity index is 1.96. The van der Waals surface area contributed by atoms with E-state index in [1.54, 1.807) is 18.0 Å². The van der Waals surface area contributed by atoms with Crippen molar-refractivity contribution in [2.75, 3.05) is 5.75 Å². The van der Waals surface area contributed by atoms with E-state index in [0.29, 0.717) is 5.88 Å². The summed E-state index contributed by atoms with van der Waals surface area (Å²) >= 11 is 1.75. The van der Waals surface area contributed by atoms with Gasteiger partial charge < -0.3 is 9.84 Å². The lowest BCUT2D eigenvalue weighted by atomic mass is 10.1. The molecule has 1 N–H and O–H groups in total. The van der Waals surface area contributed by atoms with Crippen molar-refractivity contribution in [3.63, 3.8) is 0 Å². The Morgan fingerprint density at radius 3 is 2.62 bits per heavy atom. The van der Waals surface area contributed by atoms with Crippen molar-refractivity contribution in [3.05, 3.63) is 42.6 Å². The molecule has 1 heterocycles. The number of ether oxygens (including phenoxy) is 1. The Labute approximate surface area is 147 Å². The van der Waals surface area contributed by atoms with Crippen molar-refractivity contribution in [1.82, 2.24) is 4.98 Å². The van der Waals surface area contributed by atoms with Crippen molar-refractivity contribution in [2.24, 2.45) is 0 Å². The van der Waals surface area contributed by atoms with Gasteiger partial charge in [0.25, 0.3) is 0 Å². The summed E-state index contributed by atoms with van der Waals surface area (Å²) in [6, 6.07) is 12.2. The van der Waals surface area contributed by atoms with Crippen molar-refractivity contribution in [1.29, 1.82) is 0 Å². The molecule has 2 rings (SSSR count). The maximum Gasteiger partial charge on any atom is 0.303 e. The van der Waals surface area contributed by atoms with E-state index >= 15 is 0 Å². The van der Waals surface area contributed by atoms with Crippen LogP contribution in [-0.2, 0) is 4.79 Å². The lowest BCUT2D eigenvalue weighted by Gasteiger charge is -2.13. The third kappa shape index (κ3) is 5.89. The number of nitrogens with zero attached hydrogens (tertiary/aromatic N) is 1. The topological polar surface area (TPSA) is 59.4 Å². The van der Waals surface area contributed by atoms with Gasteiger partial charge in [-0.1, -0.05) is 12.1 Å². The maximum absolute atomic E-state index is 10.5. The van der Waals surface area contributed by atoms with Gasteiger partial charge in [0.05, 0.1) is 6.10 Å². The number of rotatable bonds is 9. The number of hydrogen-bond donors (Lipinski definition) is 1. The second-order valence-corrected chi connectivity index (χ2v) is 6.91. The van der Waals surface area contributed by atoms with E-state index in [1.165, 1.54) is 4.90 Å². The molecular formula is C19H23NO3S. The summed E-state index contributed by atoms with van der Waals surface area (Å²) in [5, 5.41) is 8.62. The molecule has 0 radical (unpaired) electrons. The predicted molar refractivity (Wildman–Crippen MR) is 97.6 cm³/mol. The monoisotopic (exact) mass is 345 g/mol. The van der Waals surface area contributed by atoms with Crippen LogP contribution in [0.25, 0.3) is 11.1 Å². The van der Waals surface area contributed by atoms with Crippen molar-refractivity contribution in [3.8, 4) is 17.0 Å². The number of aliphatic carboxylic acids is 1. The molecule has 0 saturated heterocycles. The summed E-state index contributed by atoms with van der Waals surface area (Å²) in [6.07, 6.45) is 3.71. The molecule has 0 aliphatic carbocycles. The Kier molecular flexibility index (Phi) is 7.12. The van der Waals surface area contributed by atoms with Crippen LogP contribution in [0.4, 0.5) is 0 Å². The van der Waals surface area contributed by atoms with E-state index in [1.807, 2.05) is 26.0 Å². The molecule has 24 heavy (non-hydrogen) atoms. The second kappa shape index (κ2) is 9.33. The lowest BCUT2D eigenvalue weighted by molar-refractivity contribution is -0.137. The summed E-state index contributed by atoms with van der Waals surface area (Å²) in [6.45, 7) is 3.98. The number of unbranched alkanes of at least 4 members (excludes halogenated alkanes) is 1. The van der Waals surface area contributed by atoms with Crippen LogP contribution in [-0.4, -0.2) is 27.9 Å². The van der Waals surface area contributed by atoms with E-state index < -0.39 is 5.97 Å². The van der Waals surface area contributed by atoms with E-state index in [2.05, 4.69) is 29.2 Å². The molecule has 0 saturated carbocycles. The Hall–Kier alpha value is -2.01. The molecule has 0 atom stereocenters. The van der Waals surface area contributed by atoms with Crippen LogP contribution in [0.15, 0.2) is 47.5 Å². The second-order valence-electron chi connectivity index (χ2n) is 5.75. The maximum atomic E-state index is 10.5. The van der Waals surface area contributed by atoms with Crippen LogP contribution in [0.1, 0.15) is 33.1 Å². The van der Waals surface area contributed by atoms with Crippen LogP contribution in [0.2, 0.25) is 0 Å². The minimum Gasteiger partial charge on any atom is -0.481 e. The van der Waals surface area contributed by atoms with Gasteiger partial charge >= 0.3 is 5.97 Å². The number of pyridine rings is 1. The van der Waals surface area contributed by atoms with Gasteiger partial charge in [-0.15, -0.1) is 11.8 Å². The van der Waals surface area contributed by atoms with Crippen LogP contribution >= 0.6 is 11.8 Å². The molecule has 0 aliphatic heterocycles. The average Bonchev–Trinajstić information content (AvgIpc) is 2.55. The number of carboxylic acid groups (broad SMARTS) is 1. The summed E-state index contributed by atoms with van der Waals surface area (Å²) in [4.78, 5) is 16.0. The SMILES string of the molecule is CC(C)Oc1ncccc1-c1ccc(SCCCCC(=O)O)cc1. The van der Waals surface area contributed by atoms with Crippen LogP contribution in [0.5, 0.6) is 5.88 Å². The highest BCUT2D eigenvalue weighted by atomic mass is 32.2. The minimum absolute atomic E-state index is 0.0827. The third-order valence-electron chi connectivity index (χ3n) is 3.34. The fourth-order valence-electron chi connectivity index (χ4n) is 2.23. The number of benzene rings is 1. The van der Waals surface area contributed by atoms with E-state index in [0.717, 1.165) is 29.7 Å². The van der Waals surface area contributed by atoms with Crippen molar-refractivity contribution >= 4 is 17.7 Å². The zero-order chi connectivity index (χ0) is 17.4. The number of carbonyl (C=O) groups is 1.